The molecule has 14 nitrogen and oxygen atoms in total. The smallest absolute Gasteiger partial charge is 0.235 e. The number of methoxy groups -OCH3 is 1. The van der Waals surface area contributed by atoms with E-state index < -0.39 is 0 Å². The molecule has 0 aromatic heterocycles. The first-order valence-electron chi connectivity index (χ1n) is 36.6. The van der Waals surface area contributed by atoms with Crippen molar-refractivity contribution >= 4 is 87.1 Å². The molecule has 18 rings (SSSR count). The zero-order valence-corrected chi connectivity index (χ0v) is 65.5. The van der Waals surface area contributed by atoms with E-state index in [1.807, 2.05) is 274 Å². The SMILES string of the molecule is COc1cc(C)cc2c1C(=O)/C(=C/c1ccc(C)cc1)O2.Cc1ccc(/C=C2\Oc3cc(C)ccc3C2=O)cc1.Cc1ccc(/C=C2\Oc3cc(O)ccc3C2=O)cc1.Cc1ccc(/C=C2\Oc3ccc(Br)cc3C2=O)cc1.Cc1ccc(/C=C2\Oc3ccccc3C2=O)cc1.Cc1cccc(/C=C2\Oc3ccccc3C2=O)c1. The van der Waals surface area contributed by atoms with Gasteiger partial charge in [-0.1, -0.05) is 225 Å². The van der Waals surface area contributed by atoms with E-state index in [0.29, 0.717) is 102 Å². The van der Waals surface area contributed by atoms with Crippen LogP contribution in [0.4, 0.5) is 0 Å². The van der Waals surface area contributed by atoms with Crippen molar-refractivity contribution in [3.63, 3.8) is 0 Å². The molecule has 0 atom stereocenters. The van der Waals surface area contributed by atoms with Crippen LogP contribution in [0.3, 0.4) is 0 Å². The van der Waals surface area contributed by atoms with E-state index in [2.05, 4.69) is 15.9 Å². The summed E-state index contributed by atoms with van der Waals surface area (Å²) in [6, 6.07) is 81.5. The summed E-state index contributed by atoms with van der Waals surface area (Å²) in [5.74, 6) is 5.82. The molecule has 12 aromatic rings. The Labute approximate surface area is 669 Å². The van der Waals surface area contributed by atoms with Crippen molar-refractivity contribution in [1.82, 2.24) is 0 Å². The molecule has 0 spiro atoms. The summed E-state index contributed by atoms with van der Waals surface area (Å²) in [6.07, 6.45) is 10.6. The Morgan fingerprint density at radius 3 is 1.00 bits per heavy atom. The topological polar surface area (TPSA) is 187 Å². The molecule has 0 radical (unpaired) electrons. The number of benzene rings is 12. The summed E-state index contributed by atoms with van der Waals surface area (Å²) in [7, 11) is 1.56. The van der Waals surface area contributed by atoms with E-state index in [-0.39, 0.29) is 46.2 Å². The molecule has 6 aliphatic heterocycles. The Kier molecular flexibility index (Phi) is 23.9. The number of Topliss-reactive ketones (excluding diaryl/α,β-unsaturated/α-hetero) is 6. The molecule has 6 aliphatic rings. The summed E-state index contributed by atoms with van der Waals surface area (Å²) in [5.41, 5.74) is 18.4. The second-order valence-corrected chi connectivity index (χ2v) is 28.7. The first-order valence-corrected chi connectivity index (χ1v) is 37.4. The van der Waals surface area contributed by atoms with Crippen LogP contribution in [0.1, 0.15) is 140 Å². The quantitative estimate of drug-likeness (QED) is 0.148. The van der Waals surface area contributed by atoms with Crippen molar-refractivity contribution in [2.45, 2.75) is 55.4 Å². The minimum Gasteiger partial charge on any atom is -0.508 e. The maximum absolute atomic E-state index is 12.5. The van der Waals surface area contributed by atoms with Crippen molar-refractivity contribution < 1.29 is 67.0 Å². The van der Waals surface area contributed by atoms with Crippen LogP contribution in [0.15, 0.2) is 300 Å². The Morgan fingerprint density at radius 1 is 0.263 bits per heavy atom. The number of allylic oxidation sites excluding steroid dienone is 6. The first kappa shape index (κ1) is 78.1. The van der Waals surface area contributed by atoms with E-state index in [4.69, 9.17) is 33.2 Å². The lowest BCUT2D eigenvalue weighted by Crippen LogP contribution is -2.00. The van der Waals surface area contributed by atoms with Crippen LogP contribution in [0.2, 0.25) is 0 Å². The number of carbonyl (C=O) groups is 6. The number of para-hydroxylation sites is 2. The normalized spacial score (nSPS) is 15.4. The van der Waals surface area contributed by atoms with Crippen molar-refractivity contribution in [2.75, 3.05) is 7.11 Å². The number of hydrogen-bond donors (Lipinski definition) is 1. The first-order chi connectivity index (χ1) is 54.9. The maximum atomic E-state index is 12.5. The molecule has 0 amide bonds. The predicted octanol–water partition coefficient (Wildman–Crippen LogP) is 22.8. The van der Waals surface area contributed by atoms with E-state index in [1.54, 1.807) is 73.9 Å². The molecule has 564 valence electrons. The standard InChI is InChI=1S/C18H16O3.C17H14O2.C16H11BrO2.C16H12O3.2C16H12O2/c1-11-4-6-13(7-5-11)10-16-18(19)17-14(20-3)8-12(2)9-15(17)21-16;1-11-3-6-13(7-4-11)10-16-17(18)14-8-5-12(2)9-15(14)19-16;1-10-2-4-11(5-3-10)8-15-16(18)13-9-12(17)6-7-14(13)19-15;1-10-2-4-11(5-3-10)8-15-16(18)13-7-6-12(17)9-14(13)19-15;1-11-5-4-6-12(9-11)10-15-16(17)13-7-2-3-8-14(13)18-15;1-11-6-8-12(9-7-11)10-15-16(17)13-4-2-3-5-14(13)18-15/h4-10H,1-3H3;3-10H,1-2H3;2-9H,1H3;2-9,17H,1H3;2*2-10H,1H3/b2*16-10-;2*15-8-;2*15-10-. The van der Waals surface area contributed by atoms with Gasteiger partial charge in [-0.3, -0.25) is 28.8 Å². The Bertz CT molecular complexity index is 5780. The second-order valence-electron chi connectivity index (χ2n) is 27.8. The van der Waals surface area contributed by atoms with E-state index in [0.717, 1.165) is 60.1 Å². The van der Waals surface area contributed by atoms with Gasteiger partial charge < -0.3 is 38.3 Å². The zero-order valence-electron chi connectivity index (χ0n) is 63.9. The minimum atomic E-state index is -0.157. The number of hydrogen-bond acceptors (Lipinski definition) is 14. The Morgan fingerprint density at radius 2 is 0.588 bits per heavy atom. The molecule has 0 bridgehead atoms. The second kappa shape index (κ2) is 34.9. The van der Waals surface area contributed by atoms with Crippen LogP contribution in [-0.2, 0) is 0 Å². The lowest BCUT2D eigenvalue weighted by atomic mass is 10.1. The molecule has 6 heterocycles. The van der Waals surface area contributed by atoms with Gasteiger partial charge in [0.25, 0.3) is 0 Å². The third kappa shape index (κ3) is 18.9. The number of aromatic hydroxyl groups is 1. The van der Waals surface area contributed by atoms with Gasteiger partial charge in [-0.2, -0.15) is 0 Å². The number of phenolic OH excluding ortho intramolecular Hbond substituents is 1. The summed E-state index contributed by atoms with van der Waals surface area (Å²) in [4.78, 5) is 73.1. The summed E-state index contributed by atoms with van der Waals surface area (Å²) < 4.78 is 39.7. The molecule has 0 saturated heterocycles. The molecule has 0 aliphatic carbocycles. The highest BCUT2D eigenvalue weighted by atomic mass is 79.9. The average Bonchev–Trinajstić information content (AvgIpc) is 1.61. The molecule has 0 saturated carbocycles. The number of rotatable bonds is 7. The van der Waals surface area contributed by atoms with Gasteiger partial charge in [0.2, 0.25) is 34.7 Å². The molecule has 15 heteroatoms. The fourth-order valence-electron chi connectivity index (χ4n) is 12.5. The number of ketones is 6. The molecule has 1 N–H and O–H groups in total. The van der Waals surface area contributed by atoms with Gasteiger partial charge in [0.05, 0.1) is 34.9 Å². The highest BCUT2D eigenvalue weighted by Gasteiger charge is 2.34. The Balaban J connectivity index is 0.000000119. The summed E-state index contributed by atoms with van der Waals surface area (Å²) >= 11 is 3.36. The van der Waals surface area contributed by atoms with E-state index in [9.17, 15) is 33.9 Å². The highest BCUT2D eigenvalue weighted by Crippen LogP contribution is 2.41. The minimum absolute atomic E-state index is 0.0458. The Hall–Kier alpha value is -14.0. The van der Waals surface area contributed by atoms with Gasteiger partial charge >= 0.3 is 0 Å². The monoisotopic (exact) mass is 1570 g/mol. The van der Waals surface area contributed by atoms with Crippen LogP contribution in [0.25, 0.3) is 36.5 Å². The van der Waals surface area contributed by atoms with Gasteiger partial charge in [0.1, 0.15) is 51.6 Å². The van der Waals surface area contributed by atoms with E-state index >= 15 is 0 Å². The van der Waals surface area contributed by atoms with Crippen molar-refractivity contribution in [3.8, 4) is 46.0 Å². The molecular formula is C99H77BrO14. The average molecular weight is 1570 g/mol. The van der Waals surface area contributed by atoms with Crippen LogP contribution < -0.4 is 33.2 Å². The van der Waals surface area contributed by atoms with Crippen molar-refractivity contribution in [2.24, 2.45) is 0 Å². The number of halogens is 1. The van der Waals surface area contributed by atoms with Crippen LogP contribution in [0.5, 0.6) is 46.0 Å². The molecule has 0 fully saturated rings. The summed E-state index contributed by atoms with van der Waals surface area (Å²) in [6.45, 7) is 16.1. The molecule has 114 heavy (non-hydrogen) atoms. The molecule has 0 unspecified atom stereocenters. The van der Waals surface area contributed by atoms with Crippen LogP contribution in [-0.4, -0.2) is 46.9 Å². The number of carbonyl (C=O) groups excluding carboxylic acids is 6. The van der Waals surface area contributed by atoms with Crippen molar-refractivity contribution in [3.05, 3.63) is 411 Å². The van der Waals surface area contributed by atoms with Crippen LogP contribution >= 0.6 is 15.9 Å². The number of ether oxygens (including phenoxy) is 7. The number of aryl methyl sites for hydroxylation is 8. The van der Waals surface area contributed by atoms with Gasteiger partial charge in [-0.15, -0.1) is 0 Å². The number of phenols is 1. The van der Waals surface area contributed by atoms with Crippen molar-refractivity contribution in [1.29, 1.82) is 0 Å². The highest BCUT2D eigenvalue weighted by molar-refractivity contribution is 9.10. The van der Waals surface area contributed by atoms with E-state index in [1.165, 1.54) is 34.4 Å². The lowest BCUT2D eigenvalue weighted by molar-refractivity contribution is 0.100. The van der Waals surface area contributed by atoms with Crippen LogP contribution in [0, 0.1) is 55.4 Å². The fourth-order valence-corrected chi connectivity index (χ4v) is 12.8. The maximum Gasteiger partial charge on any atom is 0.235 e. The van der Waals surface area contributed by atoms with Gasteiger partial charge in [0, 0.05) is 10.5 Å². The van der Waals surface area contributed by atoms with Gasteiger partial charge in [0.15, 0.2) is 34.6 Å². The third-order valence-corrected chi connectivity index (χ3v) is 19.1. The predicted molar refractivity (Wildman–Crippen MR) is 449 cm³/mol. The van der Waals surface area contributed by atoms with Gasteiger partial charge in [-0.25, -0.2) is 0 Å². The van der Waals surface area contributed by atoms with Gasteiger partial charge in [-0.05, 0) is 215 Å². The lowest BCUT2D eigenvalue weighted by Gasteiger charge is -2.05. The largest absolute Gasteiger partial charge is 0.508 e. The molecule has 12 aromatic carbocycles. The summed E-state index contributed by atoms with van der Waals surface area (Å²) in [5, 5.41) is 9.38. The zero-order chi connectivity index (χ0) is 80.3. The number of fused-ring (bicyclic) bond motifs is 6. The fraction of sp³-hybridized carbons (Fsp3) is 0.0909. The molecular weight excluding hydrogens is 1490 g/mol. The third-order valence-electron chi connectivity index (χ3n) is 18.6.